The molecule has 0 aliphatic carbocycles. The Morgan fingerprint density at radius 2 is 1.45 bits per heavy atom. The van der Waals surface area contributed by atoms with E-state index >= 15 is 0 Å². The van der Waals surface area contributed by atoms with E-state index in [1.54, 1.807) is 0 Å². The van der Waals surface area contributed by atoms with Crippen molar-refractivity contribution >= 4 is 21.8 Å². The van der Waals surface area contributed by atoms with Gasteiger partial charge in [-0.05, 0) is 12.1 Å². The monoisotopic (exact) mass is 291 g/mol. The minimum Gasteiger partial charge on any atom is -0.320 e. The molecule has 2 heterocycles. The van der Waals surface area contributed by atoms with Crippen LogP contribution in [-0.4, -0.2) is 35.6 Å². The van der Waals surface area contributed by atoms with E-state index in [9.17, 15) is 0 Å². The standard InChI is InChI=1S/C19H21N3/c1-2-19(21-13-11-20-12-14-21)22-17-9-5-3-7-15(17)16-8-4-6-10-18(16)22/h2-10,19-20H,1,11-14H2. The van der Waals surface area contributed by atoms with Crippen LogP contribution < -0.4 is 5.32 Å². The predicted octanol–water partition coefficient (Wildman–Crippen LogP) is 3.38. The summed E-state index contributed by atoms with van der Waals surface area (Å²) in [5, 5.41) is 6.07. The molecule has 1 saturated heterocycles. The Bertz CT molecular complexity index is 759. The number of piperazine rings is 1. The van der Waals surface area contributed by atoms with Crippen LogP contribution in [0.5, 0.6) is 0 Å². The number of benzene rings is 2. The van der Waals surface area contributed by atoms with Gasteiger partial charge in [-0.2, -0.15) is 0 Å². The van der Waals surface area contributed by atoms with Crippen LogP contribution in [0.15, 0.2) is 61.2 Å². The van der Waals surface area contributed by atoms with E-state index in [0.717, 1.165) is 26.2 Å². The van der Waals surface area contributed by atoms with Crippen LogP contribution in [0.1, 0.15) is 6.17 Å². The molecule has 112 valence electrons. The molecular formula is C19H21N3. The molecule has 2 aromatic carbocycles. The van der Waals surface area contributed by atoms with Gasteiger partial charge in [0.05, 0.1) is 11.0 Å². The van der Waals surface area contributed by atoms with Gasteiger partial charge in [0.15, 0.2) is 0 Å². The number of aromatic nitrogens is 1. The van der Waals surface area contributed by atoms with Crippen LogP contribution in [0.4, 0.5) is 0 Å². The molecule has 3 nitrogen and oxygen atoms in total. The summed E-state index contributed by atoms with van der Waals surface area (Å²) < 4.78 is 2.43. The highest BCUT2D eigenvalue weighted by Gasteiger charge is 2.22. The second kappa shape index (κ2) is 5.59. The zero-order chi connectivity index (χ0) is 14.9. The molecular weight excluding hydrogens is 270 g/mol. The molecule has 1 atom stereocenters. The van der Waals surface area contributed by atoms with Crippen molar-refractivity contribution < 1.29 is 0 Å². The first-order chi connectivity index (χ1) is 10.9. The van der Waals surface area contributed by atoms with Gasteiger partial charge in [0, 0.05) is 37.0 Å². The molecule has 0 spiro atoms. The van der Waals surface area contributed by atoms with Gasteiger partial charge in [0.2, 0.25) is 0 Å². The van der Waals surface area contributed by atoms with E-state index in [0.29, 0.717) is 0 Å². The molecule has 1 aliphatic heterocycles. The van der Waals surface area contributed by atoms with Crippen molar-refractivity contribution in [2.45, 2.75) is 6.17 Å². The predicted molar refractivity (Wildman–Crippen MR) is 93.1 cm³/mol. The Morgan fingerprint density at radius 1 is 0.909 bits per heavy atom. The minimum atomic E-state index is 0.201. The van der Waals surface area contributed by atoms with Crippen LogP contribution in [-0.2, 0) is 0 Å². The van der Waals surface area contributed by atoms with Crippen LogP contribution in [0.25, 0.3) is 21.8 Å². The van der Waals surface area contributed by atoms with E-state index < -0.39 is 0 Å². The van der Waals surface area contributed by atoms with E-state index in [-0.39, 0.29) is 6.17 Å². The van der Waals surface area contributed by atoms with Crippen LogP contribution in [0, 0.1) is 0 Å². The second-order valence-corrected chi connectivity index (χ2v) is 5.84. The number of hydrogen-bond acceptors (Lipinski definition) is 2. The highest BCUT2D eigenvalue weighted by Crippen LogP contribution is 2.33. The molecule has 0 amide bonds. The Kier molecular flexibility index (Phi) is 3.45. The Labute approximate surface area is 130 Å². The average Bonchev–Trinajstić information content (AvgIpc) is 2.92. The summed E-state index contributed by atoms with van der Waals surface area (Å²) in [6, 6.07) is 17.3. The molecule has 1 fully saturated rings. The third-order valence-electron chi connectivity index (χ3n) is 4.62. The first kappa shape index (κ1) is 13.6. The van der Waals surface area contributed by atoms with Crippen molar-refractivity contribution in [3.8, 4) is 0 Å². The first-order valence-electron chi connectivity index (χ1n) is 7.95. The van der Waals surface area contributed by atoms with E-state index in [1.165, 1.54) is 21.8 Å². The fraction of sp³-hybridized carbons (Fsp3) is 0.263. The smallest absolute Gasteiger partial charge is 0.106 e. The number of para-hydroxylation sites is 2. The molecule has 4 rings (SSSR count). The molecule has 1 N–H and O–H groups in total. The Balaban J connectivity index is 1.96. The normalized spacial score (nSPS) is 17.8. The molecule has 1 unspecified atom stereocenters. The van der Waals surface area contributed by atoms with Crippen molar-refractivity contribution in [3.05, 3.63) is 61.2 Å². The molecule has 3 heteroatoms. The lowest BCUT2D eigenvalue weighted by Gasteiger charge is -2.34. The topological polar surface area (TPSA) is 20.2 Å². The number of nitrogens with zero attached hydrogens (tertiary/aromatic N) is 2. The maximum absolute atomic E-state index is 4.12. The van der Waals surface area contributed by atoms with Crippen molar-refractivity contribution in [1.82, 2.24) is 14.8 Å². The average molecular weight is 291 g/mol. The molecule has 1 aliphatic rings. The minimum absolute atomic E-state index is 0.201. The summed E-state index contributed by atoms with van der Waals surface area (Å²) in [4.78, 5) is 2.50. The van der Waals surface area contributed by atoms with Crippen LogP contribution >= 0.6 is 0 Å². The molecule has 0 radical (unpaired) electrons. The van der Waals surface area contributed by atoms with Crippen molar-refractivity contribution in [1.29, 1.82) is 0 Å². The molecule has 1 aromatic heterocycles. The van der Waals surface area contributed by atoms with Crippen molar-refractivity contribution in [2.24, 2.45) is 0 Å². The number of rotatable bonds is 3. The van der Waals surface area contributed by atoms with Crippen molar-refractivity contribution in [2.75, 3.05) is 26.2 Å². The number of nitrogens with one attached hydrogen (secondary N) is 1. The summed E-state index contributed by atoms with van der Waals surface area (Å²) in [7, 11) is 0. The fourth-order valence-corrected chi connectivity index (χ4v) is 3.60. The third-order valence-corrected chi connectivity index (χ3v) is 4.62. The Morgan fingerprint density at radius 3 is 2.00 bits per heavy atom. The SMILES string of the molecule is C=CC(N1CCNCC1)n1c2ccccc2c2ccccc21. The highest BCUT2D eigenvalue weighted by atomic mass is 15.3. The van der Waals surface area contributed by atoms with Gasteiger partial charge in [0.25, 0.3) is 0 Å². The Hall–Kier alpha value is -2.10. The zero-order valence-corrected chi connectivity index (χ0v) is 12.7. The quantitative estimate of drug-likeness (QED) is 0.747. The van der Waals surface area contributed by atoms with E-state index in [2.05, 4.69) is 76.0 Å². The molecule has 0 bridgehead atoms. The highest BCUT2D eigenvalue weighted by molar-refractivity contribution is 6.08. The van der Waals surface area contributed by atoms with E-state index in [1.807, 2.05) is 0 Å². The van der Waals surface area contributed by atoms with Gasteiger partial charge in [0.1, 0.15) is 6.17 Å². The van der Waals surface area contributed by atoms with Gasteiger partial charge in [-0.3, -0.25) is 4.90 Å². The lowest BCUT2D eigenvalue weighted by atomic mass is 10.2. The second-order valence-electron chi connectivity index (χ2n) is 5.84. The molecule has 0 saturated carbocycles. The van der Waals surface area contributed by atoms with Crippen LogP contribution in [0.2, 0.25) is 0 Å². The lowest BCUT2D eigenvalue weighted by Crippen LogP contribution is -2.46. The fourth-order valence-electron chi connectivity index (χ4n) is 3.60. The summed E-state index contributed by atoms with van der Waals surface area (Å²) in [6.07, 6.45) is 2.27. The lowest BCUT2D eigenvalue weighted by molar-refractivity contribution is 0.163. The number of hydrogen-bond donors (Lipinski definition) is 1. The summed E-state index contributed by atoms with van der Waals surface area (Å²) in [5.74, 6) is 0. The van der Waals surface area contributed by atoms with Gasteiger partial charge < -0.3 is 9.88 Å². The van der Waals surface area contributed by atoms with Crippen molar-refractivity contribution in [3.63, 3.8) is 0 Å². The summed E-state index contributed by atoms with van der Waals surface area (Å²) in [5.41, 5.74) is 2.57. The van der Waals surface area contributed by atoms with Gasteiger partial charge in [-0.15, -0.1) is 0 Å². The maximum atomic E-state index is 4.12. The summed E-state index contributed by atoms with van der Waals surface area (Å²) in [6.45, 7) is 8.32. The van der Waals surface area contributed by atoms with Gasteiger partial charge in [-0.25, -0.2) is 0 Å². The molecule has 22 heavy (non-hydrogen) atoms. The maximum Gasteiger partial charge on any atom is 0.106 e. The number of fused-ring (bicyclic) bond motifs is 3. The van der Waals surface area contributed by atoms with Gasteiger partial charge >= 0.3 is 0 Å². The zero-order valence-electron chi connectivity index (χ0n) is 12.7. The summed E-state index contributed by atoms with van der Waals surface area (Å²) >= 11 is 0. The van der Waals surface area contributed by atoms with Gasteiger partial charge in [-0.1, -0.05) is 49.1 Å². The first-order valence-corrected chi connectivity index (χ1v) is 7.95. The van der Waals surface area contributed by atoms with E-state index in [4.69, 9.17) is 0 Å². The molecule has 3 aromatic rings. The largest absolute Gasteiger partial charge is 0.320 e. The third kappa shape index (κ3) is 2.05. The van der Waals surface area contributed by atoms with Crippen LogP contribution in [0.3, 0.4) is 0 Å².